The summed E-state index contributed by atoms with van der Waals surface area (Å²) in [6.45, 7) is 12.3. The predicted molar refractivity (Wildman–Crippen MR) is 149 cm³/mol. The second-order valence-electron chi connectivity index (χ2n) is 9.68. The fraction of sp³-hybridized carbons (Fsp3) is 0.483. The van der Waals surface area contributed by atoms with Crippen molar-refractivity contribution in [1.82, 2.24) is 9.91 Å². The largest absolute Gasteiger partial charge is 0.493 e. The van der Waals surface area contributed by atoms with Gasteiger partial charge in [0.05, 0.1) is 26.0 Å². The molecule has 38 heavy (non-hydrogen) atoms. The first-order valence-corrected chi connectivity index (χ1v) is 13.2. The number of hydrazone groups is 1. The molecule has 206 valence electrons. The maximum absolute atomic E-state index is 12.6. The van der Waals surface area contributed by atoms with E-state index >= 15 is 0 Å². The zero-order valence-corrected chi connectivity index (χ0v) is 23.3. The second-order valence-corrected chi connectivity index (χ2v) is 9.68. The summed E-state index contributed by atoms with van der Waals surface area (Å²) < 4.78 is 16.4. The number of nitrogens with one attached hydrogen (secondary N) is 1. The number of carbonyl (C=O) groups is 2. The van der Waals surface area contributed by atoms with E-state index in [0.29, 0.717) is 68.4 Å². The maximum atomic E-state index is 12.6. The predicted octanol–water partition coefficient (Wildman–Crippen LogP) is 5.29. The van der Waals surface area contributed by atoms with Gasteiger partial charge in [0.25, 0.3) is 0 Å². The van der Waals surface area contributed by atoms with Crippen molar-refractivity contribution < 1.29 is 23.8 Å². The number of nitrogens with zero attached hydrogens (tertiary/aromatic N) is 3. The van der Waals surface area contributed by atoms with Crippen LogP contribution >= 0.6 is 0 Å². The molecule has 1 aliphatic rings. The summed E-state index contributed by atoms with van der Waals surface area (Å²) in [6, 6.07) is 13.8. The van der Waals surface area contributed by atoms with Gasteiger partial charge in [0.1, 0.15) is 6.61 Å². The number of rotatable bonds is 12. The van der Waals surface area contributed by atoms with Crippen LogP contribution in [0.15, 0.2) is 47.6 Å². The maximum Gasteiger partial charge on any atom is 0.411 e. The highest BCUT2D eigenvalue weighted by molar-refractivity contribution is 6.04. The summed E-state index contributed by atoms with van der Waals surface area (Å²) >= 11 is 0. The molecule has 2 aromatic rings. The number of methoxy groups -OCH3 is 1. The monoisotopic (exact) mass is 524 g/mol. The summed E-state index contributed by atoms with van der Waals surface area (Å²) in [5.74, 6) is 1.28. The molecule has 0 radical (unpaired) electrons. The van der Waals surface area contributed by atoms with Crippen molar-refractivity contribution in [1.29, 1.82) is 0 Å². The van der Waals surface area contributed by atoms with Crippen LogP contribution in [0.2, 0.25) is 0 Å². The molecule has 0 aliphatic carbocycles. The molecule has 1 N–H and O–H groups in total. The van der Waals surface area contributed by atoms with Gasteiger partial charge in [0, 0.05) is 42.7 Å². The number of hydrogen-bond donors (Lipinski definition) is 1. The Hall–Kier alpha value is -3.59. The number of hydrogen-bond acceptors (Lipinski definition) is 7. The van der Waals surface area contributed by atoms with Crippen LogP contribution in [0.5, 0.6) is 11.5 Å². The van der Waals surface area contributed by atoms with Gasteiger partial charge in [-0.3, -0.25) is 15.0 Å². The molecular weight excluding hydrogens is 484 g/mol. The third kappa shape index (κ3) is 7.95. The van der Waals surface area contributed by atoms with Gasteiger partial charge in [-0.1, -0.05) is 12.1 Å². The number of benzene rings is 2. The highest BCUT2D eigenvalue weighted by Gasteiger charge is 2.22. The average molecular weight is 525 g/mol. The zero-order valence-electron chi connectivity index (χ0n) is 23.3. The molecule has 2 aromatic carbocycles. The molecule has 0 bridgehead atoms. The smallest absolute Gasteiger partial charge is 0.411 e. The van der Waals surface area contributed by atoms with Crippen molar-refractivity contribution in [3.05, 3.63) is 53.6 Å². The first-order valence-electron chi connectivity index (χ1n) is 13.2. The summed E-state index contributed by atoms with van der Waals surface area (Å²) in [5.41, 5.74) is 3.24. The molecule has 9 heteroatoms. The third-order valence-corrected chi connectivity index (χ3v) is 6.34. The lowest BCUT2D eigenvalue weighted by atomic mass is 10.0. The van der Waals surface area contributed by atoms with Crippen LogP contribution in [-0.4, -0.2) is 66.6 Å². The van der Waals surface area contributed by atoms with Crippen LogP contribution in [0.4, 0.5) is 10.5 Å². The van der Waals surface area contributed by atoms with Crippen LogP contribution < -0.4 is 14.8 Å². The number of carbonyl (C=O) groups excluding carboxylic acids is 2. The molecule has 0 saturated carbocycles. The van der Waals surface area contributed by atoms with Gasteiger partial charge in [-0.15, -0.1) is 0 Å². The van der Waals surface area contributed by atoms with Gasteiger partial charge < -0.3 is 14.2 Å². The van der Waals surface area contributed by atoms with E-state index in [1.54, 1.807) is 19.2 Å². The average Bonchev–Trinajstić information content (AvgIpc) is 2.88. The Morgan fingerprint density at radius 3 is 2.39 bits per heavy atom. The Morgan fingerprint density at radius 1 is 1.05 bits per heavy atom. The standard InChI is InChI=1S/C29H40N4O5/c1-7-37-27-18-23(10-14-26(27)36-6)25-13-15-28(34)33(31-25)19-22-8-11-24(12-9-22)30-29(35)38-17-16-32(20(2)3)21(4)5/h8-12,14,18,20-21H,7,13,15-17,19H2,1-6H3,(H,30,35). The Morgan fingerprint density at radius 2 is 1.76 bits per heavy atom. The quantitative estimate of drug-likeness (QED) is 0.406. The normalized spacial score (nSPS) is 13.7. The Balaban J connectivity index is 1.59. The van der Waals surface area contributed by atoms with Crippen molar-refractivity contribution in [2.75, 3.05) is 32.2 Å². The molecular formula is C29H40N4O5. The molecule has 9 nitrogen and oxygen atoms in total. The lowest BCUT2D eigenvalue weighted by Gasteiger charge is -2.30. The number of amides is 2. The second kappa shape index (κ2) is 13.8. The van der Waals surface area contributed by atoms with Gasteiger partial charge in [-0.2, -0.15) is 5.10 Å². The topological polar surface area (TPSA) is 92.7 Å². The Labute approximate surface area is 225 Å². The third-order valence-electron chi connectivity index (χ3n) is 6.34. The lowest BCUT2D eigenvalue weighted by molar-refractivity contribution is -0.132. The Bertz CT molecular complexity index is 1110. The highest BCUT2D eigenvalue weighted by atomic mass is 16.5. The van der Waals surface area contributed by atoms with Gasteiger partial charge >= 0.3 is 6.09 Å². The molecule has 1 heterocycles. The van der Waals surface area contributed by atoms with Crippen molar-refractivity contribution in [2.24, 2.45) is 5.10 Å². The van der Waals surface area contributed by atoms with E-state index in [9.17, 15) is 9.59 Å². The first kappa shape index (κ1) is 29.0. The lowest BCUT2D eigenvalue weighted by Crippen LogP contribution is -2.39. The van der Waals surface area contributed by atoms with Gasteiger partial charge in [-0.25, -0.2) is 9.80 Å². The van der Waals surface area contributed by atoms with Crippen LogP contribution in [-0.2, 0) is 16.1 Å². The molecule has 0 aromatic heterocycles. The minimum Gasteiger partial charge on any atom is -0.493 e. The molecule has 0 atom stereocenters. The van der Waals surface area contributed by atoms with Crippen LogP contribution in [0.1, 0.15) is 58.6 Å². The Kier molecular flexibility index (Phi) is 10.5. The molecule has 2 amide bonds. The summed E-state index contributed by atoms with van der Waals surface area (Å²) in [5, 5.41) is 8.89. The highest BCUT2D eigenvalue weighted by Crippen LogP contribution is 2.30. The van der Waals surface area contributed by atoms with E-state index in [-0.39, 0.29) is 5.91 Å². The van der Waals surface area contributed by atoms with Gasteiger partial charge in [-0.05, 0) is 70.5 Å². The van der Waals surface area contributed by atoms with Gasteiger partial charge in [0.2, 0.25) is 5.91 Å². The van der Waals surface area contributed by atoms with E-state index in [4.69, 9.17) is 14.2 Å². The molecule has 0 fully saturated rings. The SMILES string of the molecule is CCOc1cc(C2=NN(Cc3ccc(NC(=O)OCCN(C(C)C)C(C)C)cc3)C(=O)CC2)ccc1OC. The first-order chi connectivity index (χ1) is 18.2. The van der Waals surface area contributed by atoms with Crippen LogP contribution in [0.3, 0.4) is 0 Å². The fourth-order valence-corrected chi connectivity index (χ4v) is 4.43. The van der Waals surface area contributed by atoms with Crippen LogP contribution in [0.25, 0.3) is 0 Å². The molecule has 0 saturated heterocycles. The molecule has 0 spiro atoms. The summed E-state index contributed by atoms with van der Waals surface area (Å²) in [6.07, 6.45) is 0.451. The molecule has 3 rings (SSSR count). The number of anilines is 1. The fourth-order valence-electron chi connectivity index (χ4n) is 4.43. The van der Waals surface area contributed by atoms with Crippen LogP contribution in [0, 0.1) is 0 Å². The van der Waals surface area contributed by atoms with Crippen molar-refractivity contribution >= 4 is 23.4 Å². The summed E-state index contributed by atoms with van der Waals surface area (Å²) in [7, 11) is 1.61. The van der Waals surface area contributed by atoms with Gasteiger partial charge in [0.15, 0.2) is 11.5 Å². The number of ether oxygens (including phenoxy) is 3. The van der Waals surface area contributed by atoms with E-state index in [1.165, 1.54) is 5.01 Å². The minimum absolute atomic E-state index is 0.0325. The van der Waals surface area contributed by atoms with E-state index in [0.717, 1.165) is 16.8 Å². The van der Waals surface area contributed by atoms with E-state index in [2.05, 4.69) is 43.0 Å². The molecule has 1 aliphatic heterocycles. The van der Waals surface area contributed by atoms with Crippen molar-refractivity contribution in [2.45, 2.75) is 66.1 Å². The summed E-state index contributed by atoms with van der Waals surface area (Å²) in [4.78, 5) is 27.1. The van der Waals surface area contributed by atoms with Crippen molar-refractivity contribution in [3.8, 4) is 11.5 Å². The zero-order chi connectivity index (χ0) is 27.7. The van der Waals surface area contributed by atoms with Crippen molar-refractivity contribution in [3.63, 3.8) is 0 Å². The minimum atomic E-state index is -0.489. The van der Waals surface area contributed by atoms with E-state index < -0.39 is 6.09 Å². The van der Waals surface area contributed by atoms with E-state index in [1.807, 2.05) is 37.3 Å². The molecule has 0 unspecified atom stereocenters.